The molecule has 2 fully saturated rings. The molecule has 0 radical (unpaired) electrons. The highest BCUT2D eigenvalue weighted by molar-refractivity contribution is 5.82. The normalized spacial score (nSPS) is 19.7. The Morgan fingerprint density at radius 1 is 1.19 bits per heavy atom. The van der Waals surface area contributed by atoms with Crippen LogP contribution in [0.2, 0.25) is 0 Å². The molecule has 1 aromatic heterocycles. The van der Waals surface area contributed by atoms with Crippen LogP contribution in [-0.4, -0.2) is 72.1 Å². The number of piperazine rings is 1. The smallest absolute Gasteiger partial charge is 0.251 e. The summed E-state index contributed by atoms with van der Waals surface area (Å²) in [5.41, 5.74) is 2.95. The van der Waals surface area contributed by atoms with E-state index in [1.54, 1.807) is 6.26 Å². The summed E-state index contributed by atoms with van der Waals surface area (Å²) in [5.74, 6) is 1.58. The van der Waals surface area contributed by atoms with Crippen molar-refractivity contribution in [1.82, 2.24) is 20.1 Å². The van der Waals surface area contributed by atoms with Crippen LogP contribution < -0.4 is 5.32 Å². The molecule has 1 amide bonds. The number of hydrogen-bond acceptors (Lipinski definition) is 5. The summed E-state index contributed by atoms with van der Waals surface area (Å²) in [6.45, 7) is 8.89. The minimum Gasteiger partial charge on any atom is -0.444 e. The Morgan fingerprint density at radius 3 is 2.61 bits per heavy atom. The number of oxazole rings is 1. The van der Waals surface area contributed by atoms with E-state index in [9.17, 15) is 4.79 Å². The maximum Gasteiger partial charge on any atom is 0.251 e. The van der Waals surface area contributed by atoms with Crippen LogP contribution in [0.15, 0.2) is 39.9 Å². The van der Waals surface area contributed by atoms with Crippen molar-refractivity contribution in [2.45, 2.75) is 39.3 Å². The van der Waals surface area contributed by atoms with Crippen LogP contribution in [0.25, 0.3) is 11.5 Å². The molecular formula is C23H31N5O3. The summed E-state index contributed by atoms with van der Waals surface area (Å²) < 4.78 is 11.2. The molecule has 31 heavy (non-hydrogen) atoms. The summed E-state index contributed by atoms with van der Waals surface area (Å²) in [7, 11) is 0. The molecule has 2 aliphatic heterocycles. The summed E-state index contributed by atoms with van der Waals surface area (Å²) >= 11 is 0. The number of hydrogen-bond donors (Lipinski definition) is 1. The van der Waals surface area contributed by atoms with Gasteiger partial charge in [-0.05, 0) is 38.8 Å². The number of carbonyl (C=O) groups excluding carboxylic acids is 1. The first-order chi connectivity index (χ1) is 15.1. The van der Waals surface area contributed by atoms with Crippen molar-refractivity contribution < 1.29 is 13.9 Å². The molecule has 1 unspecified atom stereocenters. The summed E-state index contributed by atoms with van der Waals surface area (Å²) in [6, 6.07) is 8.11. The lowest BCUT2D eigenvalue weighted by Crippen LogP contribution is -2.55. The monoisotopic (exact) mass is 425 g/mol. The lowest BCUT2D eigenvalue weighted by molar-refractivity contribution is -0.142. The van der Waals surface area contributed by atoms with Crippen molar-refractivity contribution in [2.75, 3.05) is 39.3 Å². The Balaban J connectivity index is 1.35. The molecule has 0 bridgehead atoms. The topological polar surface area (TPSA) is 83.2 Å². The number of nitrogens with zero attached hydrogens (tertiary/aromatic N) is 4. The fraction of sp³-hybridized carbons (Fsp3) is 0.522. The van der Waals surface area contributed by atoms with Gasteiger partial charge in [-0.3, -0.25) is 4.79 Å². The standard InChI is InChI=1S/C23H31N5O3/c1-3-24-23(28-12-10-27(11-13-28)22(29)20-5-4-14-30-20)25-15-19-16-31-21(26-19)18-8-6-17(2)7-9-18/h6-9,16,20H,3-5,10-15H2,1-2H3,(H,24,25). The molecule has 8 heteroatoms. The fourth-order valence-corrected chi connectivity index (χ4v) is 3.90. The first-order valence-corrected chi connectivity index (χ1v) is 11.1. The molecular weight excluding hydrogens is 394 g/mol. The van der Waals surface area contributed by atoms with Crippen LogP contribution in [0.3, 0.4) is 0 Å². The molecule has 0 saturated carbocycles. The largest absolute Gasteiger partial charge is 0.444 e. The quantitative estimate of drug-likeness (QED) is 0.585. The molecule has 1 aromatic carbocycles. The van der Waals surface area contributed by atoms with E-state index in [1.807, 2.05) is 29.2 Å². The van der Waals surface area contributed by atoms with Gasteiger partial charge in [0, 0.05) is 44.9 Å². The van der Waals surface area contributed by atoms with Gasteiger partial charge in [0.25, 0.3) is 5.91 Å². The van der Waals surface area contributed by atoms with E-state index >= 15 is 0 Å². The number of ether oxygens (including phenoxy) is 1. The Morgan fingerprint density at radius 2 is 1.94 bits per heavy atom. The molecule has 1 atom stereocenters. The second-order valence-electron chi connectivity index (χ2n) is 7.99. The minimum absolute atomic E-state index is 0.130. The van der Waals surface area contributed by atoms with Gasteiger partial charge >= 0.3 is 0 Å². The zero-order valence-electron chi connectivity index (χ0n) is 18.3. The second-order valence-corrected chi connectivity index (χ2v) is 7.99. The molecule has 1 N–H and O–H groups in total. The van der Waals surface area contributed by atoms with Crippen molar-refractivity contribution in [3.05, 3.63) is 41.8 Å². The van der Waals surface area contributed by atoms with E-state index in [0.29, 0.717) is 32.1 Å². The second kappa shape index (κ2) is 9.96. The van der Waals surface area contributed by atoms with E-state index in [4.69, 9.17) is 14.1 Å². The van der Waals surface area contributed by atoms with Gasteiger partial charge < -0.3 is 24.3 Å². The maximum atomic E-state index is 12.6. The third kappa shape index (κ3) is 5.25. The van der Waals surface area contributed by atoms with Gasteiger partial charge in [-0.1, -0.05) is 17.7 Å². The summed E-state index contributed by atoms with van der Waals surface area (Å²) in [6.07, 6.45) is 3.23. The summed E-state index contributed by atoms with van der Waals surface area (Å²) in [4.78, 5) is 26.0. The van der Waals surface area contributed by atoms with Gasteiger partial charge in [0.05, 0.1) is 6.54 Å². The number of rotatable bonds is 5. The zero-order chi connectivity index (χ0) is 21.6. The van der Waals surface area contributed by atoms with Crippen LogP contribution in [-0.2, 0) is 16.1 Å². The number of amides is 1. The number of nitrogens with one attached hydrogen (secondary N) is 1. The SMILES string of the molecule is CCNC(=NCc1coc(-c2ccc(C)cc2)n1)N1CCN(C(=O)C2CCCO2)CC1. The van der Waals surface area contributed by atoms with Crippen molar-refractivity contribution in [1.29, 1.82) is 0 Å². The van der Waals surface area contributed by atoms with E-state index in [2.05, 4.69) is 29.0 Å². The highest BCUT2D eigenvalue weighted by Crippen LogP contribution is 2.20. The fourth-order valence-electron chi connectivity index (χ4n) is 3.90. The molecule has 2 saturated heterocycles. The molecule has 0 spiro atoms. The first kappa shape index (κ1) is 21.4. The van der Waals surface area contributed by atoms with Crippen LogP contribution in [0.5, 0.6) is 0 Å². The predicted molar refractivity (Wildman–Crippen MR) is 119 cm³/mol. The van der Waals surface area contributed by atoms with E-state index < -0.39 is 0 Å². The first-order valence-electron chi connectivity index (χ1n) is 11.1. The lowest BCUT2D eigenvalue weighted by Gasteiger charge is -2.37. The number of aromatic nitrogens is 1. The van der Waals surface area contributed by atoms with Gasteiger partial charge in [0.15, 0.2) is 5.96 Å². The van der Waals surface area contributed by atoms with Crippen molar-refractivity contribution >= 4 is 11.9 Å². The predicted octanol–water partition coefficient (Wildman–Crippen LogP) is 2.44. The minimum atomic E-state index is -0.247. The number of carbonyl (C=O) groups is 1. The third-order valence-electron chi connectivity index (χ3n) is 5.67. The third-order valence-corrected chi connectivity index (χ3v) is 5.67. The highest BCUT2D eigenvalue weighted by Gasteiger charge is 2.30. The Kier molecular flexibility index (Phi) is 6.86. The van der Waals surface area contributed by atoms with Crippen LogP contribution in [0.4, 0.5) is 0 Å². The molecule has 2 aliphatic rings. The van der Waals surface area contributed by atoms with Gasteiger partial charge in [0.1, 0.15) is 18.1 Å². The lowest BCUT2D eigenvalue weighted by atomic mass is 10.1. The van der Waals surface area contributed by atoms with Crippen LogP contribution in [0, 0.1) is 6.92 Å². The van der Waals surface area contributed by atoms with E-state index in [0.717, 1.165) is 49.7 Å². The van der Waals surface area contributed by atoms with Crippen LogP contribution >= 0.6 is 0 Å². The number of guanidine groups is 1. The maximum absolute atomic E-state index is 12.6. The zero-order valence-corrected chi connectivity index (χ0v) is 18.3. The van der Waals surface area contributed by atoms with Gasteiger partial charge in [-0.25, -0.2) is 9.98 Å². The molecule has 0 aliphatic carbocycles. The van der Waals surface area contributed by atoms with E-state index in [-0.39, 0.29) is 12.0 Å². The molecule has 4 rings (SSSR count). The number of benzene rings is 1. The Bertz CT molecular complexity index is 894. The molecule has 2 aromatic rings. The highest BCUT2D eigenvalue weighted by atomic mass is 16.5. The number of aliphatic imine (C=N–C) groups is 1. The Hall–Kier alpha value is -2.87. The summed E-state index contributed by atoms with van der Waals surface area (Å²) in [5, 5.41) is 3.36. The van der Waals surface area contributed by atoms with E-state index in [1.165, 1.54) is 5.56 Å². The number of aryl methyl sites for hydroxylation is 1. The molecule has 166 valence electrons. The van der Waals surface area contributed by atoms with Crippen LogP contribution in [0.1, 0.15) is 31.0 Å². The average Bonchev–Trinajstić information content (AvgIpc) is 3.49. The Labute approximate surface area is 183 Å². The van der Waals surface area contributed by atoms with Gasteiger partial charge in [0.2, 0.25) is 5.89 Å². The molecule has 3 heterocycles. The molecule has 8 nitrogen and oxygen atoms in total. The van der Waals surface area contributed by atoms with Gasteiger partial charge in [-0.2, -0.15) is 0 Å². The average molecular weight is 426 g/mol. The van der Waals surface area contributed by atoms with Crippen molar-refractivity contribution in [2.24, 2.45) is 4.99 Å². The van der Waals surface area contributed by atoms with Gasteiger partial charge in [-0.15, -0.1) is 0 Å². The van der Waals surface area contributed by atoms with Crippen molar-refractivity contribution in [3.8, 4) is 11.5 Å². The van der Waals surface area contributed by atoms with Crippen molar-refractivity contribution in [3.63, 3.8) is 0 Å².